The van der Waals surface area contributed by atoms with E-state index in [0.717, 1.165) is 29.2 Å². The van der Waals surface area contributed by atoms with Crippen molar-refractivity contribution in [3.8, 4) is 0 Å². The van der Waals surface area contributed by atoms with Crippen LogP contribution in [0.2, 0.25) is 0 Å². The lowest BCUT2D eigenvalue weighted by atomic mass is 9.94. The van der Waals surface area contributed by atoms with Crippen LogP contribution in [0.25, 0.3) is 0 Å². The van der Waals surface area contributed by atoms with E-state index in [4.69, 9.17) is 0 Å². The number of carbonyl (C=O) groups is 1. The highest BCUT2D eigenvalue weighted by Crippen LogP contribution is 2.36. The van der Waals surface area contributed by atoms with Crippen molar-refractivity contribution in [2.75, 3.05) is 0 Å². The molecule has 0 aliphatic heterocycles. The Kier molecular flexibility index (Phi) is 13.3. The number of hydrogen-bond acceptors (Lipinski definition) is 4. The molecule has 3 atom stereocenters. The molecule has 0 saturated heterocycles. The van der Waals surface area contributed by atoms with Gasteiger partial charge in [-0.2, -0.15) is 26.3 Å². The average Bonchev–Trinajstić information content (AvgIpc) is 3.04. The van der Waals surface area contributed by atoms with Gasteiger partial charge in [-0.05, 0) is 43.0 Å². The van der Waals surface area contributed by atoms with Crippen LogP contribution in [0, 0.1) is 0 Å². The van der Waals surface area contributed by atoms with Crippen LogP contribution in [0.4, 0.5) is 26.3 Å². The van der Waals surface area contributed by atoms with Gasteiger partial charge in [-0.1, -0.05) is 121 Å². The Morgan fingerprint density at radius 3 is 1.11 bits per heavy atom. The van der Waals surface area contributed by atoms with Gasteiger partial charge in [0.1, 0.15) is 0 Å². The molecular formula is C37H40F6N2O2. The molecule has 0 aliphatic carbocycles. The van der Waals surface area contributed by atoms with Gasteiger partial charge in [-0.15, -0.1) is 0 Å². The van der Waals surface area contributed by atoms with Crippen molar-refractivity contribution in [1.82, 2.24) is 9.80 Å². The van der Waals surface area contributed by atoms with E-state index in [9.17, 15) is 36.2 Å². The summed E-state index contributed by atoms with van der Waals surface area (Å²) in [4.78, 5) is 14.8. The number of carbonyl (C=O) groups excluding carboxylic acids is 1. The molecule has 4 aromatic carbocycles. The Bertz CT molecular complexity index is 1400. The zero-order valence-electron chi connectivity index (χ0n) is 26.5. The van der Waals surface area contributed by atoms with E-state index in [1.165, 1.54) is 13.8 Å². The van der Waals surface area contributed by atoms with Crippen LogP contribution < -0.4 is 0 Å². The molecule has 1 N–H and O–H groups in total. The van der Waals surface area contributed by atoms with Crippen LogP contribution in [-0.4, -0.2) is 50.7 Å². The molecule has 0 unspecified atom stereocenters. The van der Waals surface area contributed by atoms with E-state index in [0.29, 0.717) is 13.1 Å². The molecule has 0 amide bonds. The minimum atomic E-state index is -4.83. The van der Waals surface area contributed by atoms with Gasteiger partial charge < -0.3 is 5.11 Å². The molecule has 0 radical (unpaired) electrons. The normalized spacial score (nSPS) is 14.6. The molecule has 0 fully saturated rings. The van der Waals surface area contributed by atoms with Crippen molar-refractivity contribution in [1.29, 1.82) is 0 Å². The van der Waals surface area contributed by atoms with Crippen LogP contribution in [0.5, 0.6) is 0 Å². The Morgan fingerprint density at radius 2 is 0.851 bits per heavy atom. The van der Waals surface area contributed by atoms with Crippen LogP contribution in [-0.2, 0) is 31.0 Å². The number of benzene rings is 4. The fourth-order valence-electron chi connectivity index (χ4n) is 4.93. The zero-order chi connectivity index (χ0) is 34.7. The molecule has 4 nitrogen and oxygen atoms in total. The van der Waals surface area contributed by atoms with Gasteiger partial charge in [0, 0.05) is 32.2 Å². The van der Waals surface area contributed by atoms with E-state index < -0.39 is 35.8 Å². The van der Waals surface area contributed by atoms with Crippen LogP contribution >= 0.6 is 0 Å². The summed E-state index contributed by atoms with van der Waals surface area (Å²) < 4.78 is 78.0. The lowest BCUT2D eigenvalue weighted by molar-refractivity contribution is -0.272. The zero-order valence-corrected chi connectivity index (χ0v) is 26.5. The minimum absolute atomic E-state index is 0.277. The van der Waals surface area contributed by atoms with Gasteiger partial charge in [0.25, 0.3) is 5.78 Å². The molecule has 0 spiro atoms. The third-order valence-electron chi connectivity index (χ3n) is 8.06. The summed E-state index contributed by atoms with van der Waals surface area (Å²) in [6.45, 7) is 4.76. The van der Waals surface area contributed by atoms with E-state index in [1.807, 2.05) is 121 Å². The summed E-state index contributed by atoms with van der Waals surface area (Å²) in [5, 5.41) is 10.1. The number of rotatable bonds is 12. The summed E-state index contributed by atoms with van der Waals surface area (Å²) in [5.74, 6) is -1.72. The summed E-state index contributed by atoms with van der Waals surface area (Å²) >= 11 is 0. The van der Waals surface area contributed by atoms with Crippen molar-refractivity contribution in [2.45, 2.75) is 77.0 Å². The monoisotopic (exact) mass is 658 g/mol. The second-order valence-electron chi connectivity index (χ2n) is 11.6. The molecular weight excluding hydrogens is 618 g/mol. The van der Waals surface area contributed by atoms with Gasteiger partial charge in [0.15, 0.2) is 5.60 Å². The average molecular weight is 659 g/mol. The fraction of sp³-hybridized carbons (Fsp3) is 0.324. The number of hydrogen-bond donors (Lipinski definition) is 1. The molecule has 252 valence electrons. The number of Topliss-reactive ketones (excluding diaryl/α,β-unsaturated/α-hetero) is 1. The Morgan fingerprint density at radius 1 is 0.574 bits per heavy atom. The van der Waals surface area contributed by atoms with E-state index in [1.54, 1.807) is 9.80 Å². The molecule has 0 bridgehead atoms. The summed E-state index contributed by atoms with van der Waals surface area (Å²) in [6, 6.07) is 34.6. The van der Waals surface area contributed by atoms with Crippen LogP contribution in [0.3, 0.4) is 0 Å². The Labute approximate surface area is 272 Å². The molecule has 10 heteroatoms. The third-order valence-corrected chi connectivity index (χ3v) is 8.06. The first kappa shape index (κ1) is 37.5. The quantitative estimate of drug-likeness (QED) is 0.155. The maximum Gasteiger partial charge on any atom is 0.451 e. The van der Waals surface area contributed by atoms with Gasteiger partial charge in [0.05, 0.1) is 6.04 Å². The molecule has 0 aliphatic rings. The van der Waals surface area contributed by atoms with E-state index >= 15 is 0 Å². The van der Waals surface area contributed by atoms with E-state index in [2.05, 4.69) is 0 Å². The van der Waals surface area contributed by atoms with Crippen molar-refractivity contribution in [3.63, 3.8) is 0 Å². The highest BCUT2D eigenvalue weighted by Gasteiger charge is 2.54. The lowest BCUT2D eigenvalue weighted by Crippen LogP contribution is -2.57. The lowest BCUT2D eigenvalue weighted by Gasteiger charge is -2.40. The Balaban J connectivity index is 0.000000256. The highest BCUT2D eigenvalue weighted by atomic mass is 19.4. The number of nitrogens with zero attached hydrogens (tertiary/aromatic N) is 2. The van der Waals surface area contributed by atoms with Gasteiger partial charge >= 0.3 is 12.4 Å². The summed E-state index contributed by atoms with van der Waals surface area (Å²) in [7, 11) is 0. The predicted molar refractivity (Wildman–Crippen MR) is 171 cm³/mol. The number of ketones is 1. The van der Waals surface area contributed by atoms with Gasteiger partial charge in [0.2, 0.25) is 0 Å². The Hall–Kier alpha value is -3.99. The first-order valence-electron chi connectivity index (χ1n) is 15.1. The maximum atomic E-state index is 13.2. The first-order valence-corrected chi connectivity index (χ1v) is 15.1. The molecule has 0 aromatic heterocycles. The SMILES string of the molecule is C[C@@H](N(Cc1ccccc1)Cc1ccccc1)[C@](C)(O)C(F)(F)F.C[C@H](C(=O)C(F)(F)F)N(Cc1ccccc1)Cc1ccccc1. The van der Waals surface area contributed by atoms with Crippen molar-refractivity contribution < 1.29 is 36.2 Å². The third kappa shape index (κ3) is 11.3. The van der Waals surface area contributed by atoms with Gasteiger partial charge in [-0.25, -0.2) is 0 Å². The van der Waals surface area contributed by atoms with Crippen LogP contribution in [0.1, 0.15) is 43.0 Å². The topological polar surface area (TPSA) is 43.8 Å². The second kappa shape index (κ2) is 16.7. The minimum Gasteiger partial charge on any atom is -0.379 e. The van der Waals surface area contributed by atoms with E-state index in [-0.39, 0.29) is 13.1 Å². The summed E-state index contributed by atoms with van der Waals surface area (Å²) in [6.07, 6.45) is -9.52. The van der Waals surface area contributed by atoms with Gasteiger partial charge in [-0.3, -0.25) is 14.6 Å². The second-order valence-corrected chi connectivity index (χ2v) is 11.6. The number of aliphatic hydroxyl groups is 1. The predicted octanol–water partition coefficient (Wildman–Crippen LogP) is 8.60. The van der Waals surface area contributed by atoms with Crippen LogP contribution in [0.15, 0.2) is 121 Å². The van der Waals surface area contributed by atoms with Crippen molar-refractivity contribution in [3.05, 3.63) is 144 Å². The first-order chi connectivity index (χ1) is 22.1. The number of alkyl halides is 6. The molecule has 4 aromatic rings. The molecule has 47 heavy (non-hydrogen) atoms. The highest BCUT2D eigenvalue weighted by molar-refractivity contribution is 5.88. The molecule has 0 saturated carbocycles. The molecule has 0 heterocycles. The standard InChI is InChI=1S/C19H22F3NO.C18H18F3NO/c1-15(18(2,24)19(20,21)22)23(13-16-9-5-3-6-10-16)14-17-11-7-4-8-12-17;1-14(17(23)18(19,20)21)22(12-15-8-4-2-5-9-15)13-16-10-6-3-7-11-16/h3-12,15,24H,13-14H2,1-2H3;2-11,14H,12-13H2,1H3/t15-,18+;14-/m11/s1. The fourth-order valence-corrected chi connectivity index (χ4v) is 4.93. The van der Waals surface area contributed by atoms with Crippen molar-refractivity contribution in [2.24, 2.45) is 0 Å². The smallest absolute Gasteiger partial charge is 0.379 e. The maximum absolute atomic E-state index is 13.2. The number of halogens is 6. The molecule has 4 rings (SSSR count). The largest absolute Gasteiger partial charge is 0.451 e. The summed E-state index contributed by atoms with van der Waals surface area (Å²) in [5.41, 5.74) is 0.739. The van der Waals surface area contributed by atoms with Crippen molar-refractivity contribution >= 4 is 5.78 Å².